The van der Waals surface area contributed by atoms with Crippen molar-refractivity contribution >= 4 is 79.0 Å². The van der Waals surface area contributed by atoms with Crippen LogP contribution in [0.5, 0.6) is 0 Å². The predicted octanol–water partition coefficient (Wildman–Crippen LogP) is 26.5. The van der Waals surface area contributed by atoms with Gasteiger partial charge in [-0.05, 0) is 217 Å². The first-order valence-corrected chi connectivity index (χ1v) is 40.1. The van der Waals surface area contributed by atoms with Gasteiger partial charge >= 0.3 is 0 Å². The Morgan fingerprint density at radius 2 is 0.658 bits per heavy atom. The van der Waals surface area contributed by atoms with Crippen LogP contribution in [-0.4, -0.2) is 11.3 Å². The van der Waals surface area contributed by atoms with Gasteiger partial charge in [0.15, 0.2) is 0 Å². The smallest absolute Gasteiger partial charge is 0.252 e. The van der Waals surface area contributed by atoms with Crippen molar-refractivity contribution < 1.29 is 8.22 Å². The van der Waals surface area contributed by atoms with E-state index >= 15 is 0 Å². The zero-order valence-corrected chi connectivity index (χ0v) is 65.7. The van der Waals surface area contributed by atoms with Crippen molar-refractivity contribution in [2.75, 3.05) is 9.80 Å². The molecule has 546 valence electrons. The summed E-state index contributed by atoms with van der Waals surface area (Å²) < 4.78 is 63.4. The van der Waals surface area contributed by atoms with Gasteiger partial charge in [0.05, 0.1) is 41.5 Å². The van der Waals surface area contributed by atoms with E-state index < -0.39 is 33.8 Å². The molecule has 0 radical (unpaired) electrons. The molecule has 0 saturated heterocycles. The highest BCUT2D eigenvalue weighted by molar-refractivity contribution is 7.00. The van der Waals surface area contributed by atoms with E-state index in [0.29, 0.717) is 27.6 Å². The van der Waals surface area contributed by atoms with Gasteiger partial charge in [-0.1, -0.05) is 353 Å². The van der Waals surface area contributed by atoms with E-state index in [9.17, 15) is 8.22 Å². The van der Waals surface area contributed by atoms with Crippen molar-refractivity contribution in [2.45, 2.75) is 89.4 Å². The number of aromatic nitrogens is 1. The van der Waals surface area contributed by atoms with Gasteiger partial charge in [0.25, 0.3) is 6.71 Å². The van der Waals surface area contributed by atoms with Gasteiger partial charge in [-0.3, -0.25) is 0 Å². The van der Waals surface area contributed by atoms with E-state index in [1.54, 1.807) is 0 Å². The van der Waals surface area contributed by atoms with Gasteiger partial charge in [-0.15, -0.1) is 0 Å². The van der Waals surface area contributed by atoms with E-state index in [2.05, 4.69) is 364 Å². The number of rotatable bonds is 10. The summed E-state index contributed by atoms with van der Waals surface area (Å²) in [6.07, 6.45) is 0. The Hall–Kier alpha value is -13.0. The Morgan fingerprint density at radius 3 is 1.11 bits per heavy atom. The maximum Gasteiger partial charge on any atom is 0.252 e. The van der Waals surface area contributed by atoms with Gasteiger partial charge in [-0.2, -0.15) is 0 Å². The molecule has 0 unspecified atom stereocenters. The summed E-state index contributed by atoms with van der Waals surface area (Å²) in [5, 5.41) is 0.662. The molecular weight excluding hydrogens is 1370 g/mol. The molecule has 4 heteroatoms. The number of fused-ring (bicyclic) bond motifs is 13. The molecule has 4 aliphatic rings. The van der Waals surface area contributed by atoms with Gasteiger partial charge in [0, 0.05) is 50.3 Å². The number of para-hydroxylation sites is 2. The minimum Gasteiger partial charge on any atom is -0.311 e. The van der Waals surface area contributed by atoms with Crippen molar-refractivity contribution in [1.29, 1.82) is 0 Å². The van der Waals surface area contributed by atoms with Crippen LogP contribution in [0, 0.1) is 0 Å². The van der Waals surface area contributed by atoms with Crippen LogP contribution in [0.2, 0.25) is 0 Å². The Morgan fingerprint density at radius 1 is 0.272 bits per heavy atom. The molecule has 0 spiro atoms. The zero-order chi connectivity index (χ0) is 82.4. The van der Waals surface area contributed by atoms with Crippen LogP contribution in [0.3, 0.4) is 0 Å². The van der Waals surface area contributed by atoms with Crippen molar-refractivity contribution in [3.63, 3.8) is 0 Å². The molecule has 3 heterocycles. The number of benzene rings is 16. The topological polar surface area (TPSA) is 11.4 Å². The van der Waals surface area contributed by atoms with Crippen LogP contribution in [0.15, 0.2) is 370 Å². The highest BCUT2D eigenvalue weighted by atomic mass is 15.2. The number of nitrogens with zero attached hydrogens (tertiary/aromatic N) is 3. The summed E-state index contributed by atoms with van der Waals surface area (Å²) in [6.45, 7) is 18.3. The molecule has 21 rings (SSSR count). The SMILES string of the molecule is [2H]c1c(C(C)(C)C)c([2H])c2c3c([2H])c(C(C)(C)C)c([2H])c([2H])c3n(-c3ccc4c(c3)N(c3ccccc3-c3ccc5c(c3)C(c3ccccc3)(c3ccccc3)c3ccccc3-5)c3cc(C(C)(C)C)cc5c3B4c3cc(-c4ccccc4)ccc3N5c3ccccc3-c3ccc4c(c3)C(c3ccccc3)(c3ccccc3)c3ccccc3-4)c2c1[2H]. The molecule has 0 bridgehead atoms. The second-order valence-corrected chi connectivity index (χ2v) is 34.6. The normalized spacial score (nSPS) is 14.8. The molecule has 114 heavy (non-hydrogen) atoms. The molecule has 0 amide bonds. The standard InChI is InChI=1S/C110H88BN3/c1-106(2,3)79-54-61-99-89(66-79)90-67-80(107(4,5)6)55-62-100(90)112(99)82-56-59-95-102(70-82)114(98-50-32-28-44-84(98)74-52-58-88-86-46-26-30-48-92(86)110(94(88)64-74,77-39-21-13-22-40-77)78-41-23-14-24-42-78)104-69-81(108(7,8)9)68-103-105(104)111(95)96-65-72(71-33-15-10-16-34-71)53-60-101(96)113(103)97-49-31-27-43-83(97)73-51-57-87-85-45-25-29-47-91(85)109(93(87)63-73,75-35-17-11-18-36-75)76-37-19-12-20-38-76/h10-70H,1-9H3/i54D,55D,61D,62D,66D,67D. The molecule has 0 fully saturated rings. The minimum absolute atomic E-state index is 0.0480. The summed E-state index contributed by atoms with van der Waals surface area (Å²) >= 11 is 0. The quantitative estimate of drug-likeness (QED) is 0.126. The largest absolute Gasteiger partial charge is 0.311 e. The monoisotopic (exact) mass is 1470 g/mol. The summed E-state index contributed by atoms with van der Waals surface area (Å²) in [5.41, 5.74) is 29.4. The Balaban J connectivity index is 0.872. The van der Waals surface area contributed by atoms with Crippen molar-refractivity contribution in [2.24, 2.45) is 0 Å². The van der Waals surface area contributed by atoms with E-state index in [-0.39, 0.29) is 47.3 Å². The van der Waals surface area contributed by atoms with Crippen LogP contribution in [-0.2, 0) is 27.1 Å². The lowest BCUT2D eigenvalue weighted by Gasteiger charge is -2.46. The molecule has 0 saturated carbocycles. The molecule has 0 N–H and O–H groups in total. The summed E-state index contributed by atoms with van der Waals surface area (Å²) in [6, 6.07) is 123. The lowest BCUT2D eigenvalue weighted by Crippen LogP contribution is -2.61. The fourth-order valence-electron chi connectivity index (χ4n) is 19.6. The maximum atomic E-state index is 10.4. The van der Waals surface area contributed by atoms with E-state index in [0.717, 1.165) is 89.5 Å². The Labute approximate surface area is 679 Å². The minimum atomic E-state index is -0.743. The van der Waals surface area contributed by atoms with Crippen molar-refractivity contribution in [3.8, 4) is 61.3 Å². The molecule has 0 atom stereocenters. The first kappa shape index (κ1) is 62.6. The molecule has 17 aromatic rings. The molecule has 1 aromatic heterocycles. The van der Waals surface area contributed by atoms with E-state index in [1.807, 2.05) is 46.1 Å². The van der Waals surface area contributed by atoms with Gasteiger partial charge in [0.1, 0.15) is 0 Å². The number of hydrogen-bond donors (Lipinski definition) is 0. The van der Waals surface area contributed by atoms with E-state index in [4.69, 9.17) is 0 Å². The van der Waals surface area contributed by atoms with Crippen LogP contribution < -0.4 is 26.2 Å². The van der Waals surface area contributed by atoms with Crippen LogP contribution in [0.4, 0.5) is 34.1 Å². The third-order valence-electron chi connectivity index (χ3n) is 24.9. The third-order valence-corrected chi connectivity index (χ3v) is 24.9. The second-order valence-electron chi connectivity index (χ2n) is 34.6. The van der Waals surface area contributed by atoms with E-state index in [1.165, 1.54) is 66.8 Å². The fraction of sp³-hybridized carbons (Fsp3) is 0.127. The van der Waals surface area contributed by atoms with Crippen LogP contribution in [0.25, 0.3) is 83.1 Å². The number of anilines is 6. The van der Waals surface area contributed by atoms with Gasteiger partial charge in [-0.25, -0.2) is 0 Å². The molecule has 3 nitrogen and oxygen atoms in total. The maximum absolute atomic E-state index is 10.4. The molecule has 16 aromatic carbocycles. The van der Waals surface area contributed by atoms with Crippen LogP contribution in [0.1, 0.15) is 132 Å². The molecular formula is C110H88BN3. The van der Waals surface area contributed by atoms with Gasteiger partial charge in [0.2, 0.25) is 0 Å². The Bertz CT molecular complexity index is 6950. The summed E-state index contributed by atoms with van der Waals surface area (Å²) in [7, 11) is 0. The first-order valence-electron chi connectivity index (χ1n) is 43.1. The summed E-state index contributed by atoms with van der Waals surface area (Å²) in [5.74, 6) is 0. The highest BCUT2D eigenvalue weighted by Gasteiger charge is 2.50. The van der Waals surface area contributed by atoms with Crippen molar-refractivity contribution in [1.82, 2.24) is 4.57 Å². The number of hydrogen-bond acceptors (Lipinski definition) is 2. The lowest BCUT2D eigenvalue weighted by molar-refractivity contribution is 0.590. The first-order chi connectivity index (χ1) is 58.0. The Kier molecular flexibility index (Phi) is 14.2. The van der Waals surface area contributed by atoms with Crippen LogP contribution >= 0.6 is 0 Å². The highest BCUT2D eigenvalue weighted by Crippen LogP contribution is 2.60. The molecule has 2 aliphatic carbocycles. The summed E-state index contributed by atoms with van der Waals surface area (Å²) in [4.78, 5) is 5.06. The lowest BCUT2D eigenvalue weighted by atomic mass is 9.33. The van der Waals surface area contributed by atoms with Gasteiger partial charge < -0.3 is 14.4 Å². The average molecular weight is 1470 g/mol. The zero-order valence-electron chi connectivity index (χ0n) is 71.7. The third kappa shape index (κ3) is 10.4. The van der Waals surface area contributed by atoms with Crippen molar-refractivity contribution in [3.05, 3.63) is 431 Å². The fourth-order valence-corrected chi connectivity index (χ4v) is 19.6. The second kappa shape index (κ2) is 25.8. The predicted molar refractivity (Wildman–Crippen MR) is 482 cm³/mol. The average Bonchev–Trinajstić information content (AvgIpc) is 1.39. The molecule has 2 aliphatic heterocycles.